The van der Waals surface area contributed by atoms with Gasteiger partial charge >= 0.3 is 6.18 Å². The zero-order valence-electron chi connectivity index (χ0n) is 21.2. The number of rotatable bonds is 5. The van der Waals surface area contributed by atoms with Gasteiger partial charge in [-0.25, -0.2) is 0 Å². The summed E-state index contributed by atoms with van der Waals surface area (Å²) in [5.74, 6) is -2.78. The van der Waals surface area contributed by atoms with Crippen LogP contribution in [-0.2, 0) is 0 Å². The molecular weight excluding hydrogens is 529 g/mol. The minimum atomic E-state index is -4.40. The van der Waals surface area contributed by atoms with Crippen LogP contribution in [-0.4, -0.2) is 59.1 Å². The molecule has 6 N–H and O–H groups in total. The number of carbonyl (C=O) groups excluding carboxylic acids is 2. The first-order valence-corrected chi connectivity index (χ1v) is 12.2. The normalized spacial score (nSPS) is 17.6. The molecule has 14 heteroatoms. The molecule has 0 aliphatic carbocycles. The summed E-state index contributed by atoms with van der Waals surface area (Å²) in [5.41, 5.74) is 14.4. The second kappa shape index (κ2) is 10.4. The highest BCUT2D eigenvalue weighted by molar-refractivity contribution is 6.15. The van der Waals surface area contributed by atoms with Gasteiger partial charge in [0.2, 0.25) is 5.88 Å². The van der Waals surface area contributed by atoms with E-state index in [0.717, 1.165) is 0 Å². The van der Waals surface area contributed by atoms with E-state index in [0.29, 0.717) is 16.8 Å². The van der Waals surface area contributed by atoms with Crippen molar-refractivity contribution in [3.05, 3.63) is 60.3 Å². The number of nitrogens with one attached hydrogen (secondary N) is 2. The third-order valence-corrected chi connectivity index (χ3v) is 6.67. The van der Waals surface area contributed by atoms with Crippen molar-refractivity contribution in [2.75, 3.05) is 36.1 Å². The van der Waals surface area contributed by atoms with Crippen molar-refractivity contribution < 1.29 is 27.2 Å². The van der Waals surface area contributed by atoms with Crippen LogP contribution in [0.2, 0.25) is 0 Å². The number of hydrogen-bond donors (Lipinski definition) is 4. The van der Waals surface area contributed by atoms with E-state index in [9.17, 15) is 22.8 Å². The van der Waals surface area contributed by atoms with E-state index < -0.39 is 24.0 Å². The van der Waals surface area contributed by atoms with Crippen molar-refractivity contribution in [3.63, 3.8) is 0 Å². The smallest absolute Gasteiger partial charge is 0.393 e. The molecule has 0 unspecified atom stereocenters. The fourth-order valence-corrected chi connectivity index (χ4v) is 4.72. The maximum Gasteiger partial charge on any atom is 0.393 e. The second-order valence-electron chi connectivity index (χ2n) is 9.41. The van der Waals surface area contributed by atoms with Gasteiger partial charge in [-0.2, -0.15) is 13.2 Å². The van der Waals surface area contributed by atoms with E-state index in [1.807, 2.05) is 0 Å². The van der Waals surface area contributed by atoms with Crippen LogP contribution in [0.3, 0.4) is 0 Å². The highest BCUT2D eigenvalue weighted by Crippen LogP contribution is 2.37. The molecule has 1 aliphatic heterocycles. The molecule has 0 aromatic carbocycles. The summed E-state index contributed by atoms with van der Waals surface area (Å²) in [4.78, 5) is 39.1. The molecule has 4 aromatic heterocycles. The summed E-state index contributed by atoms with van der Waals surface area (Å²) in [6.45, 7) is -0.121. The number of hydrogen-bond acceptors (Lipinski definition) is 9. The quantitative estimate of drug-likeness (QED) is 0.290. The van der Waals surface area contributed by atoms with Gasteiger partial charge in [0, 0.05) is 55.9 Å². The fourth-order valence-electron chi connectivity index (χ4n) is 4.72. The number of pyridine rings is 3. The number of aromatic nitrogens is 3. The van der Waals surface area contributed by atoms with Gasteiger partial charge < -0.3 is 31.4 Å². The maximum atomic E-state index is 13.5. The zero-order chi connectivity index (χ0) is 28.6. The summed E-state index contributed by atoms with van der Waals surface area (Å²) in [6, 6.07) is 5.71. The van der Waals surface area contributed by atoms with Gasteiger partial charge in [-0.15, -0.1) is 0 Å². The monoisotopic (exact) mass is 554 g/mol. The van der Waals surface area contributed by atoms with Gasteiger partial charge in [0.25, 0.3) is 11.8 Å². The van der Waals surface area contributed by atoms with Crippen molar-refractivity contribution in [2.45, 2.75) is 18.6 Å². The number of piperidine rings is 1. The van der Waals surface area contributed by atoms with Crippen LogP contribution < -0.4 is 27.0 Å². The Morgan fingerprint density at radius 1 is 1.07 bits per heavy atom. The minimum absolute atomic E-state index is 0.0343. The number of carbonyl (C=O) groups is 2. The predicted molar refractivity (Wildman–Crippen MR) is 142 cm³/mol. The summed E-state index contributed by atoms with van der Waals surface area (Å²) in [6.07, 6.45) is 1.21. The van der Waals surface area contributed by atoms with Crippen LogP contribution in [0.25, 0.3) is 22.2 Å². The number of amides is 2. The molecule has 1 aliphatic rings. The summed E-state index contributed by atoms with van der Waals surface area (Å²) in [5, 5.41) is 5.18. The maximum absolute atomic E-state index is 13.5. The van der Waals surface area contributed by atoms with E-state index >= 15 is 0 Å². The lowest BCUT2D eigenvalue weighted by Gasteiger charge is -2.39. The van der Waals surface area contributed by atoms with Gasteiger partial charge in [-0.1, -0.05) is 6.07 Å². The third kappa shape index (κ3) is 5.25. The number of furan rings is 1. The van der Waals surface area contributed by atoms with E-state index in [2.05, 4.69) is 25.6 Å². The van der Waals surface area contributed by atoms with Gasteiger partial charge in [0.15, 0.2) is 5.58 Å². The molecule has 4 aromatic rings. The van der Waals surface area contributed by atoms with Crippen LogP contribution in [0.4, 0.5) is 30.4 Å². The van der Waals surface area contributed by atoms with Crippen LogP contribution >= 0.6 is 0 Å². The predicted octanol–water partition coefficient (Wildman–Crippen LogP) is 3.19. The number of fused-ring (bicyclic) bond motifs is 1. The van der Waals surface area contributed by atoms with Gasteiger partial charge in [0.05, 0.1) is 23.5 Å². The molecule has 1 fully saturated rings. The Bertz CT molecular complexity index is 1570. The Hall–Kier alpha value is -4.72. The van der Waals surface area contributed by atoms with E-state index in [1.165, 1.54) is 42.8 Å². The Morgan fingerprint density at radius 2 is 1.85 bits per heavy atom. The fraction of sp³-hybridized carbons (Fsp3) is 0.269. The van der Waals surface area contributed by atoms with Crippen molar-refractivity contribution in [1.82, 2.24) is 20.3 Å². The molecule has 5 rings (SSSR count). The minimum Gasteiger partial charge on any atom is -0.438 e. The SMILES string of the molecule is CNC(=O)c1ccc(-c2cnc3c(C(=O)Nc4cnccc4N4C[C@H](N)C[C@H](C(F)(F)F)C4)c(N)oc3c2)cn1. The lowest BCUT2D eigenvalue weighted by molar-refractivity contribution is -0.177. The third-order valence-electron chi connectivity index (χ3n) is 6.67. The molecule has 11 nitrogen and oxygen atoms in total. The molecule has 2 atom stereocenters. The molecule has 1 saturated heterocycles. The first-order valence-electron chi connectivity index (χ1n) is 12.2. The van der Waals surface area contributed by atoms with Crippen molar-refractivity contribution >= 4 is 40.2 Å². The van der Waals surface area contributed by atoms with Gasteiger partial charge in [-0.05, 0) is 24.6 Å². The Labute approximate surface area is 225 Å². The van der Waals surface area contributed by atoms with Crippen molar-refractivity contribution in [1.29, 1.82) is 0 Å². The van der Waals surface area contributed by atoms with Crippen LogP contribution in [0.1, 0.15) is 27.3 Å². The Morgan fingerprint density at radius 3 is 2.55 bits per heavy atom. The largest absolute Gasteiger partial charge is 0.438 e. The van der Waals surface area contributed by atoms with E-state index in [4.69, 9.17) is 15.9 Å². The number of nitrogens with zero attached hydrogens (tertiary/aromatic N) is 4. The van der Waals surface area contributed by atoms with Crippen LogP contribution in [0.15, 0.2) is 53.5 Å². The first-order chi connectivity index (χ1) is 19.0. The standard InChI is InChI=1S/C26H25F3N8O3/c1-32-24(38)17-3-2-13(8-34-17)14-6-20-22(35-9-14)21(23(31)40-20)25(39)36-18-10-33-5-4-19(18)37-11-15(26(27,28)29)7-16(30)12-37/h2-6,8-10,15-16H,7,11-12,30-31H2,1H3,(H,32,38)(H,36,39)/t15-,16+/m0/s1. The molecule has 40 heavy (non-hydrogen) atoms. The Balaban J connectivity index is 1.41. The molecule has 0 spiro atoms. The van der Waals surface area contributed by atoms with E-state index in [1.54, 1.807) is 18.2 Å². The topological polar surface area (TPSA) is 165 Å². The molecule has 2 amide bonds. The number of alkyl halides is 3. The Kier molecular flexibility index (Phi) is 7.02. The molecule has 0 bridgehead atoms. The summed E-state index contributed by atoms with van der Waals surface area (Å²) >= 11 is 0. The molecule has 0 radical (unpaired) electrons. The number of nitrogens with two attached hydrogens (primary N) is 2. The van der Waals surface area contributed by atoms with E-state index in [-0.39, 0.29) is 59.3 Å². The van der Waals surface area contributed by atoms with Crippen LogP contribution in [0.5, 0.6) is 0 Å². The lowest BCUT2D eigenvalue weighted by atomic mass is 9.93. The average Bonchev–Trinajstić information content (AvgIpc) is 3.27. The summed E-state index contributed by atoms with van der Waals surface area (Å²) in [7, 11) is 1.51. The van der Waals surface area contributed by atoms with Gasteiger partial charge in [0.1, 0.15) is 16.8 Å². The number of nitrogen functional groups attached to an aromatic ring is 1. The summed E-state index contributed by atoms with van der Waals surface area (Å²) < 4.78 is 46.1. The van der Waals surface area contributed by atoms with Crippen LogP contribution in [0, 0.1) is 5.92 Å². The molecule has 208 valence electrons. The lowest BCUT2D eigenvalue weighted by Crippen LogP contribution is -2.51. The first kappa shape index (κ1) is 26.9. The zero-order valence-corrected chi connectivity index (χ0v) is 21.2. The molecule has 5 heterocycles. The molecular formula is C26H25F3N8O3. The number of halogens is 3. The molecule has 0 saturated carbocycles. The second-order valence-corrected chi connectivity index (χ2v) is 9.41. The van der Waals surface area contributed by atoms with Crippen molar-refractivity contribution in [3.8, 4) is 11.1 Å². The number of anilines is 3. The van der Waals surface area contributed by atoms with Crippen molar-refractivity contribution in [2.24, 2.45) is 11.7 Å². The average molecular weight is 555 g/mol. The highest BCUT2D eigenvalue weighted by Gasteiger charge is 2.44. The van der Waals surface area contributed by atoms with Gasteiger partial charge in [-0.3, -0.25) is 24.5 Å². The highest BCUT2D eigenvalue weighted by atomic mass is 19.4.